The van der Waals surface area contributed by atoms with Crippen molar-refractivity contribution in [2.75, 3.05) is 13.1 Å². The highest BCUT2D eigenvalue weighted by Crippen LogP contribution is 2.14. The molecule has 0 saturated carbocycles. The van der Waals surface area contributed by atoms with Crippen molar-refractivity contribution in [2.24, 2.45) is 4.99 Å². The predicted octanol–water partition coefficient (Wildman–Crippen LogP) is 6.86. The molecule has 3 heteroatoms. The van der Waals surface area contributed by atoms with Crippen LogP contribution in [0.5, 0.6) is 0 Å². The first-order valence-corrected chi connectivity index (χ1v) is 11.9. The lowest BCUT2D eigenvalue weighted by molar-refractivity contribution is 0.0527. The number of hydrogen-bond donors (Lipinski definition) is 1. The van der Waals surface area contributed by atoms with Gasteiger partial charge < -0.3 is 10.0 Å². The number of nitrogens with zero attached hydrogens (tertiary/aromatic N) is 2. The normalized spacial score (nSPS) is 15.7. The molecule has 0 spiro atoms. The number of allylic oxidation sites excluding steroid dienone is 1. The van der Waals surface area contributed by atoms with Gasteiger partial charge in [0.05, 0.1) is 6.54 Å². The lowest BCUT2D eigenvalue weighted by Gasteiger charge is -2.24. The molecule has 27 heavy (non-hydrogen) atoms. The Hall–Kier alpha value is -0.830. The van der Waals surface area contributed by atoms with Gasteiger partial charge >= 0.3 is 0 Å². The third-order valence-corrected chi connectivity index (χ3v) is 5.56. The molecule has 1 heterocycles. The molecule has 0 aliphatic carbocycles. The minimum absolute atomic E-state index is 0.364. The summed E-state index contributed by atoms with van der Waals surface area (Å²) >= 11 is 0. The van der Waals surface area contributed by atoms with Crippen LogP contribution in [0.15, 0.2) is 17.1 Å². The summed E-state index contributed by atoms with van der Waals surface area (Å²) in [7, 11) is 0. The highest BCUT2D eigenvalue weighted by molar-refractivity contribution is 5.94. The van der Waals surface area contributed by atoms with E-state index in [1.807, 2.05) is 4.90 Å². The summed E-state index contributed by atoms with van der Waals surface area (Å²) in [5.41, 5.74) is 0. The van der Waals surface area contributed by atoms with E-state index in [1.54, 1.807) is 0 Å². The van der Waals surface area contributed by atoms with E-state index in [1.165, 1.54) is 83.5 Å². The second kappa shape index (κ2) is 17.3. The molecule has 0 radical (unpaired) electrons. The van der Waals surface area contributed by atoms with Crippen LogP contribution in [-0.4, -0.2) is 35.2 Å². The summed E-state index contributed by atoms with van der Waals surface area (Å²) in [6.07, 6.45) is 25.2. The van der Waals surface area contributed by atoms with E-state index in [9.17, 15) is 5.11 Å². The number of aliphatic imine (C=N–C) groups is 1. The number of unbranched alkanes of at least 4 members (excludes halogenated alkanes) is 13. The Kier molecular flexibility index (Phi) is 15.5. The van der Waals surface area contributed by atoms with Crippen LogP contribution in [0.3, 0.4) is 0 Å². The number of aliphatic hydroxyl groups excluding tert-OH is 1. The van der Waals surface area contributed by atoms with Gasteiger partial charge in [0.1, 0.15) is 12.1 Å². The first-order chi connectivity index (χ1) is 13.3. The SMILES string of the molecule is CCCCCCCCCCCCCCC/C=C/C1=NCCN1C(O)CCC. The Morgan fingerprint density at radius 2 is 1.41 bits per heavy atom. The van der Waals surface area contributed by atoms with E-state index < -0.39 is 0 Å². The molecular formula is C24H46N2O. The molecule has 0 aromatic rings. The third kappa shape index (κ3) is 12.3. The molecule has 1 aliphatic rings. The molecule has 1 atom stereocenters. The molecule has 0 bridgehead atoms. The fourth-order valence-corrected chi connectivity index (χ4v) is 3.81. The molecule has 1 rings (SSSR count). The molecule has 0 aromatic heterocycles. The largest absolute Gasteiger partial charge is 0.374 e. The van der Waals surface area contributed by atoms with E-state index in [0.29, 0.717) is 0 Å². The van der Waals surface area contributed by atoms with E-state index in [0.717, 1.165) is 38.2 Å². The smallest absolute Gasteiger partial charge is 0.128 e. The second-order valence-electron chi connectivity index (χ2n) is 8.14. The summed E-state index contributed by atoms with van der Waals surface area (Å²) in [4.78, 5) is 6.57. The minimum Gasteiger partial charge on any atom is -0.374 e. The molecule has 0 aromatic carbocycles. The lowest BCUT2D eigenvalue weighted by Crippen LogP contribution is -2.37. The van der Waals surface area contributed by atoms with Crippen molar-refractivity contribution in [1.82, 2.24) is 4.90 Å². The van der Waals surface area contributed by atoms with Gasteiger partial charge in [0.2, 0.25) is 0 Å². The average Bonchev–Trinajstić information content (AvgIpc) is 3.14. The van der Waals surface area contributed by atoms with Gasteiger partial charge in [-0.3, -0.25) is 4.99 Å². The molecule has 3 nitrogen and oxygen atoms in total. The summed E-state index contributed by atoms with van der Waals surface area (Å²) < 4.78 is 0. The molecular weight excluding hydrogens is 332 g/mol. The molecule has 1 N–H and O–H groups in total. The van der Waals surface area contributed by atoms with Crippen LogP contribution < -0.4 is 0 Å². The van der Waals surface area contributed by atoms with E-state index in [-0.39, 0.29) is 6.23 Å². The summed E-state index contributed by atoms with van der Waals surface area (Å²) in [5.74, 6) is 0.977. The zero-order chi connectivity index (χ0) is 19.6. The van der Waals surface area contributed by atoms with Gasteiger partial charge in [0.25, 0.3) is 0 Å². The van der Waals surface area contributed by atoms with Gasteiger partial charge in [-0.2, -0.15) is 0 Å². The zero-order valence-electron chi connectivity index (χ0n) is 18.3. The van der Waals surface area contributed by atoms with Crippen molar-refractivity contribution in [2.45, 2.75) is 123 Å². The Balaban J connectivity index is 1.90. The quantitative estimate of drug-likeness (QED) is 0.264. The van der Waals surface area contributed by atoms with Crippen LogP contribution in [0.4, 0.5) is 0 Å². The number of amidine groups is 1. The van der Waals surface area contributed by atoms with Crippen molar-refractivity contribution in [3.8, 4) is 0 Å². The predicted molar refractivity (Wildman–Crippen MR) is 119 cm³/mol. The van der Waals surface area contributed by atoms with Gasteiger partial charge in [-0.15, -0.1) is 0 Å². The van der Waals surface area contributed by atoms with Crippen molar-refractivity contribution in [1.29, 1.82) is 0 Å². The Labute approximate surface area is 169 Å². The Bertz CT molecular complexity index is 392. The van der Waals surface area contributed by atoms with Gasteiger partial charge in [0.15, 0.2) is 0 Å². The van der Waals surface area contributed by atoms with Gasteiger partial charge in [-0.05, 0) is 25.3 Å². The summed E-state index contributed by atoms with van der Waals surface area (Å²) in [5, 5.41) is 10.2. The van der Waals surface area contributed by atoms with Crippen LogP contribution in [0.1, 0.15) is 117 Å². The van der Waals surface area contributed by atoms with Crippen LogP contribution >= 0.6 is 0 Å². The molecule has 0 saturated heterocycles. The van der Waals surface area contributed by atoms with Gasteiger partial charge in [0, 0.05) is 6.54 Å². The van der Waals surface area contributed by atoms with Crippen LogP contribution in [-0.2, 0) is 0 Å². The fourth-order valence-electron chi connectivity index (χ4n) is 3.81. The Morgan fingerprint density at radius 1 is 0.852 bits per heavy atom. The topological polar surface area (TPSA) is 35.8 Å². The van der Waals surface area contributed by atoms with Crippen molar-refractivity contribution in [3.63, 3.8) is 0 Å². The first-order valence-electron chi connectivity index (χ1n) is 11.9. The van der Waals surface area contributed by atoms with Crippen molar-refractivity contribution < 1.29 is 5.11 Å². The Morgan fingerprint density at radius 3 is 1.96 bits per heavy atom. The monoisotopic (exact) mass is 378 g/mol. The fraction of sp³-hybridized carbons (Fsp3) is 0.875. The maximum Gasteiger partial charge on any atom is 0.128 e. The van der Waals surface area contributed by atoms with Crippen LogP contribution in [0, 0.1) is 0 Å². The second-order valence-corrected chi connectivity index (χ2v) is 8.14. The van der Waals surface area contributed by atoms with E-state index in [2.05, 4.69) is 31.0 Å². The average molecular weight is 379 g/mol. The standard InChI is InChI=1S/C24H46N2O/c1-3-5-6-7-8-9-10-11-12-13-14-15-16-17-18-20-23-25-21-22-26(23)24(27)19-4-2/h18,20,24,27H,3-17,19,21-22H2,1-2H3/b20-18+. The first kappa shape index (κ1) is 24.2. The van der Waals surface area contributed by atoms with Gasteiger partial charge in [-0.25, -0.2) is 0 Å². The van der Waals surface area contributed by atoms with Crippen LogP contribution in [0.2, 0.25) is 0 Å². The molecule has 1 unspecified atom stereocenters. The van der Waals surface area contributed by atoms with Crippen molar-refractivity contribution in [3.05, 3.63) is 12.2 Å². The molecule has 158 valence electrons. The number of aliphatic hydroxyl groups is 1. The molecule has 0 fully saturated rings. The zero-order valence-corrected chi connectivity index (χ0v) is 18.3. The molecule has 1 aliphatic heterocycles. The lowest BCUT2D eigenvalue weighted by atomic mass is 10.0. The maximum absolute atomic E-state index is 10.2. The van der Waals surface area contributed by atoms with E-state index in [4.69, 9.17) is 0 Å². The summed E-state index contributed by atoms with van der Waals surface area (Å²) in [6, 6.07) is 0. The van der Waals surface area contributed by atoms with Crippen LogP contribution in [0.25, 0.3) is 0 Å². The highest BCUT2D eigenvalue weighted by atomic mass is 16.3. The third-order valence-electron chi connectivity index (χ3n) is 5.56. The minimum atomic E-state index is -0.364. The highest BCUT2D eigenvalue weighted by Gasteiger charge is 2.20. The maximum atomic E-state index is 10.2. The number of hydrogen-bond acceptors (Lipinski definition) is 3. The number of rotatable bonds is 18. The van der Waals surface area contributed by atoms with Crippen molar-refractivity contribution >= 4 is 5.84 Å². The molecule has 0 amide bonds. The van der Waals surface area contributed by atoms with E-state index >= 15 is 0 Å². The van der Waals surface area contributed by atoms with Gasteiger partial charge in [-0.1, -0.05) is 103 Å². The summed E-state index contributed by atoms with van der Waals surface area (Å²) in [6.45, 7) is 6.08.